The van der Waals surface area contributed by atoms with Crippen LogP contribution in [0.2, 0.25) is 0 Å². The molecule has 0 unspecified atom stereocenters. The van der Waals surface area contributed by atoms with E-state index >= 15 is 0 Å². The Labute approximate surface area is 96.4 Å². The highest BCUT2D eigenvalue weighted by Gasteiger charge is 2.27. The first-order chi connectivity index (χ1) is 7.98. The zero-order chi connectivity index (χ0) is 12.9. The molecule has 2 N–H and O–H groups in total. The smallest absolute Gasteiger partial charge is 0.405 e. The molecule has 1 aromatic heterocycles. The lowest BCUT2D eigenvalue weighted by atomic mass is 10.4. The summed E-state index contributed by atoms with van der Waals surface area (Å²) in [4.78, 5) is 7.58. The summed E-state index contributed by atoms with van der Waals surface area (Å²) < 4.78 is 41.2. The summed E-state index contributed by atoms with van der Waals surface area (Å²) in [6.07, 6.45) is -3.15. The minimum Gasteiger partial charge on any atom is -0.490 e. The average Bonchev–Trinajstić information content (AvgIpc) is 2.26. The van der Waals surface area contributed by atoms with Gasteiger partial charge in [0.1, 0.15) is 12.9 Å². The Hall–Kier alpha value is -1.73. The van der Waals surface area contributed by atoms with Crippen molar-refractivity contribution in [3.63, 3.8) is 0 Å². The van der Waals surface area contributed by atoms with Gasteiger partial charge >= 0.3 is 6.18 Å². The Balaban J connectivity index is 2.87. The van der Waals surface area contributed by atoms with Crippen LogP contribution in [-0.2, 0) is 0 Å². The first-order valence-corrected chi connectivity index (χ1v) is 4.91. The van der Waals surface area contributed by atoms with Crippen molar-refractivity contribution in [3.8, 4) is 5.75 Å². The van der Waals surface area contributed by atoms with Crippen molar-refractivity contribution < 1.29 is 17.9 Å². The maximum atomic E-state index is 12.1. The van der Waals surface area contributed by atoms with E-state index in [9.17, 15) is 13.2 Å². The SMILES string of the molecule is CCNc1ncnc(NCC(F)(F)F)c1OC. The number of alkyl halides is 3. The minimum atomic E-state index is -4.31. The molecule has 0 aliphatic heterocycles. The maximum absolute atomic E-state index is 12.1. The van der Waals surface area contributed by atoms with Crippen LogP contribution >= 0.6 is 0 Å². The second kappa shape index (κ2) is 5.55. The zero-order valence-electron chi connectivity index (χ0n) is 9.43. The van der Waals surface area contributed by atoms with Crippen molar-refractivity contribution in [1.82, 2.24) is 9.97 Å². The van der Waals surface area contributed by atoms with Crippen molar-refractivity contribution in [3.05, 3.63) is 6.33 Å². The lowest BCUT2D eigenvalue weighted by molar-refractivity contribution is -0.115. The first-order valence-electron chi connectivity index (χ1n) is 4.91. The molecule has 1 heterocycles. The number of aromatic nitrogens is 2. The van der Waals surface area contributed by atoms with Gasteiger partial charge in [-0.3, -0.25) is 0 Å². The van der Waals surface area contributed by atoms with Gasteiger partial charge in [0, 0.05) is 6.54 Å². The lowest BCUT2D eigenvalue weighted by Gasteiger charge is -2.14. The number of rotatable bonds is 5. The summed E-state index contributed by atoms with van der Waals surface area (Å²) in [5, 5.41) is 5.03. The first kappa shape index (κ1) is 13.3. The normalized spacial score (nSPS) is 11.1. The molecule has 8 heteroatoms. The number of nitrogens with one attached hydrogen (secondary N) is 2. The molecular formula is C9H13F3N4O. The van der Waals surface area contributed by atoms with E-state index in [4.69, 9.17) is 4.74 Å². The van der Waals surface area contributed by atoms with Crippen molar-refractivity contribution in [2.75, 3.05) is 30.8 Å². The molecule has 1 aromatic rings. The van der Waals surface area contributed by atoms with E-state index < -0.39 is 12.7 Å². The standard InChI is InChI=1S/C9H13F3N4O/c1-3-13-7-6(17-2)8(16-5-15-7)14-4-9(10,11)12/h5H,3-4H2,1-2H3,(H2,13,14,15,16). The van der Waals surface area contributed by atoms with Gasteiger partial charge in [0.05, 0.1) is 7.11 Å². The number of anilines is 2. The van der Waals surface area contributed by atoms with Gasteiger partial charge in [0.15, 0.2) is 11.6 Å². The van der Waals surface area contributed by atoms with Crippen LogP contribution in [0.5, 0.6) is 5.75 Å². The predicted octanol–water partition coefficient (Wildman–Crippen LogP) is 1.89. The molecular weight excluding hydrogens is 237 g/mol. The highest BCUT2D eigenvalue weighted by molar-refractivity contribution is 5.63. The number of hydrogen-bond acceptors (Lipinski definition) is 5. The second-order valence-corrected chi connectivity index (χ2v) is 3.10. The van der Waals surface area contributed by atoms with E-state index in [1.54, 1.807) is 0 Å². The Morgan fingerprint density at radius 3 is 2.29 bits per heavy atom. The maximum Gasteiger partial charge on any atom is 0.405 e. The molecule has 0 atom stereocenters. The second-order valence-electron chi connectivity index (χ2n) is 3.10. The van der Waals surface area contributed by atoms with Crippen molar-refractivity contribution >= 4 is 11.6 Å². The molecule has 17 heavy (non-hydrogen) atoms. The van der Waals surface area contributed by atoms with Gasteiger partial charge in [-0.05, 0) is 6.92 Å². The molecule has 0 fully saturated rings. The molecule has 0 aromatic carbocycles. The van der Waals surface area contributed by atoms with Crippen molar-refractivity contribution in [1.29, 1.82) is 0 Å². The summed E-state index contributed by atoms with van der Waals surface area (Å²) in [7, 11) is 1.35. The Kier molecular flexibility index (Phi) is 4.36. The molecule has 0 bridgehead atoms. The molecule has 5 nitrogen and oxygen atoms in total. The number of nitrogens with zero attached hydrogens (tertiary/aromatic N) is 2. The largest absolute Gasteiger partial charge is 0.490 e. The molecule has 0 aliphatic carbocycles. The van der Waals surface area contributed by atoms with Crippen LogP contribution < -0.4 is 15.4 Å². The Morgan fingerprint density at radius 2 is 1.82 bits per heavy atom. The van der Waals surface area contributed by atoms with Gasteiger partial charge in [0.25, 0.3) is 0 Å². The highest BCUT2D eigenvalue weighted by atomic mass is 19.4. The van der Waals surface area contributed by atoms with E-state index in [1.165, 1.54) is 13.4 Å². The molecule has 0 saturated heterocycles. The van der Waals surface area contributed by atoms with Gasteiger partial charge < -0.3 is 15.4 Å². The van der Waals surface area contributed by atoms with Gasteiger partial charge in [0.2, 0.25) is 5.75 Å². The Bertz CT molecular complexity index is 370. The summed E-state index contributed by atoms with van der Waals surface area (Å²) in [5.41, 5.74) is 0. The van der Waals surface area contributed by atoms with Gasteiger partial charge in [-0.15, -0.1) is 0 Å². The van der Waals surface area contributed by atoms with E-state index in [0.29, 0.717) is 12.4 Å². The molecule has 1 rings (SSSR count). The number of hydrogen-bond donors (Lipinski definition) is 2. The number of halogens is 3. The third-order valence-corrected chi connectivity index (χ3v) is 1.81. The third kappa shape index (κ3) is 3.97. The average molecular weight is 250 g/mol. The van der Waals surface area contributed by atoms with Gasteiger partial charge in [-0.25, -0.2) is 9.97 Å². The topological polar surface area (TPSA) is 59.1 Å². The zero-order valence-corrected chi connectivity index (χ0v) is 9.43. The van der Waals surface area contributed by atoms with E-state index in [2.05, 4.69) is 20.6 Å². The molecule has 0 radical (unpaired) electrons. The predicted molar refractivity (Wildman–Crippen MR) is 57.3 cm³/mol. The summed E-state index contributed by atoms with van der Waals surface area (Å²) in [6, 6.07) is 0. The summed E-state index contributed by atoms with van der Waals surface area (Å²) in [5.74, 6) is 0.532. The number of ether oxygens (including phenoxy) is 1. The highest BCUT2D eigenvalue weighted by Crippen LogP contribution is 2.29. The third-order valence-electron chi connectivity index (χ3n) is 1.81. The molecule has 0 aliphatic rings. The molecule has 0 amide bonds. The lowest BCUT2D eigenvalue weighted by Crippen LogP contribution is -2.22. The Morgan fingerprint density at radius 1 is 1.24 bits per heavy atom. The fraction of sp³-hybridized carbons (Fsp3) is 0.556. The van der Waals surface area contributed by atoms with Crippen LogP contribution in [-0.4, -0.2) is 36.3 Å². The fourth-order valence-electron chi connectivity index (χ4n) is 1.17. The molecule has 0 saturated carbocycles. The van der Waals surface area contributed by atoms with Crippen LogP contribution in [0, 0.1) is 0 Å². The minimum absolute atomic E-state index is 0.00998. The van der Waals surface area contributed by atoms with Crippen molar-refractivity contribution in [2.45, 2.75) is 13.1 Å². The van der Waals surface area contributed by atoms with Gasteiger partial charge in [-0.2, -0.15) is 13.2 Å². The van der Waals surface area contributed by atoms with Crippen LogP contribution in [0.4, 0.5) is 24.8 Å². The van der Waals surface area contributed by atoms with Crippen LogP contribution in [0.3, 0.4) is 0 Å². The van der Waals surface area contributed by atoms with E-state index in [-0.39, 0.29) is 11.6 Å². The van der Waals surface area contributed by atoms with E-state index in [1.807, 2.05) is 6.92 Å². The van der Waals surface area contributed by atoms with E-state index in [0.717, 1.165) is 0 Å². The molecule has 96 valence electrons. The van der Waals surface area contributed by atoms with Crippen LogP contribution in [0.1, 0.15) is 6.92 Å². The fourth-order valence-corrected chi connectivity index (χ4v) is 1.17. The quantitative estimate of drug-likeness (QED) is 0.835. The molecule has 0 spiro atoms. The van der Waals surface area contributed by atoms with Crippen molar-refractivity contribution in [2.24, 2.45) is 0 Å². The monoisotopic (exact) mass is 250 g/mol. The number of methoxy groups -OCH3 is 1. The van der Waals surface area contributed by atoms with Crippen LogP contribution in [0.15, 0.2) is 6.33 Å². The summed E-state index contributed by atoms with van der Waals surface area (Å²) >= 11 is 0. The summed E-state index contributed by atoms with van der Waals surface area (Å²) in [6.45, 7) is 1.24. The van der Waals surface area contributed by atoms with Crippen LogP contribution in [0.25, 0.3) is 0 Å². The van der Waals surface area contributed by atoms with Gasteiger partial charge in [-0.1, -0.05) is 0 Å².